The number of benzene rings is 3. The van der Waals surface area contributed by atoms with E-state index in [2.05, 4.69) is 23.5 Å². The molecule has 1 heterocycles. The van der Waals surface area contributed by atoms with Gasteiger partial charge >= 0.3 is 0 Å². The molecule has 0 aromatic heterocycles. The Morgan fingerprint density at radius 3 is 2.50 bits per heavy atom. The Morgan fingerprint density at radius 1 is 1.03 bits per heavy atom. The van der Waals surface area contributed by atoms with Crippen LogP contribution in [0.5, 0.6) is 11.5 Å². The molecule has 0 fully saturated rings. The minimum absolute atomic E-state index is 0.113. The maximum atomic E-state index is 13.6. The number of rotatable bonds is 6. The van der Waals surface area contributed by atoms with Gasteiger partial charge in [0, 0.05) is 0 Å². The molecular weight excluding hydrogens is 476 g/mol. The van der Waals surface area contributed by atoms with Crippen LogP contribution in [0, 0.1) is 0 Å². The Balaban J connectivity index is 1.38. The Hall–Kier alpha value is -3.52. The monoisotopic (exact) mass is 506 g/mol. The number of aryl methyl sites for hydroxylation is 2. The number of para-hydroxylation sites is 2. The summed E-state index contributed by atoms with van der Waals surface area (Å²) in [5.41, 5.74) is 4.16. The second-order valence-corrected chi connectivity index (χ2v) is 11.1. The van der Waals surface area contributed by atoms with Crippen LogP contribution in [0.4, 0.5) is 5.69 Å². The Kier molecular flexibility index (Phi) is 6.62. The molecule has 0 bridgehead atoms. The topological polar surface area (TPSA) is 84.9 Å². The van der Waals surface area contributed by atoms with E-state index in [1.807, 2.05) is 6.92 Å². The van der Waals surface area contributed by atoms with E-state index in [-0.39, 0.29) is 23.4 Å². The number of ether oxygens (including phenoxy) is 2. The van der Waals surface area contributed by atoms with Gasteiger partial charge in [-0.3, -0.25) is 9.10 Å². The predicted molar refractivity (Wildman–Crippen MR) is 138 cm³/mol. The third kappa shape index (κ3) is 4.65. The number of anilines is 1. The zero-order valence-electron chi connectivity index (χ0n) is 20.4. The third-order valence-corrected chi connectivity index (χ3v) is 8.70. The van der Waals surface area contributed by atoms with Crippen LogP contribution in [0.25, 0.3) is 0 Å². The largest absolute Gasteiger partial charge is 0.497 e. The van der Waals surface area contributed by atoms with Crippen LogP contribution in [0.1, 0.15) is 42.5 Å². The number of amides is 1. The average molecular weight is 507 g/mol. The van der Waals surface area contributed by atoms with E-state index < -0.39 is 16.1 Å². The fourth-order valence-electron chi connectivity index (χ4n) is 4.85. The van der Waals surface area contributed by atoms with Crippen molar-refractivity contribution in [1.82, 2.24) is 5.32 Å². The van der Waals surface area contributed by atoms with Gasteiger partial charge in [0.15, 0.2) is 6.10 Å². The van der Waals surface area contributed by atoms with Crippen LogP contribution in [0.3, 0.4) is 0 Å². The number of nitrogens with one attached hydrogen (secondary N) is 1. The van der Waals surface area contributed by atoms with Crippen molar-refractivity contribution in [3.8, 4) is 11.5 Å². The zero-order chi connectivity index (χ0) is 25.3. The smallest absolute Gasteiger partial charge is 0.264 e. The van der Waals surface area contributed by atoms with Crippen LogP contribution in [-0.2, 0) is 27.7 Å². The van der Waals surface area contributed by atoms with E-state index in [9.17, 15) is 13.2 Å². The molecule has 1 N–H and O–H groups in total. The van der Waals surface area contributed by atoms with Crippen LogP contribution in [-0.4, -0.2) is 34.1 Å². The molecule has 1 aliphatic carbocycles. The summed E-state index contributed by atoms with van der Waals surface area (Å²) in [7, 11) is -2.42. The fraction of sp³-hybridized carbons (Fsp3) is 0.321. The molecule has 0 unspecified atom stereocenters. The zero-order valence-corrected chi connectivity index (χ0v) is 21.3. The fourth-order valence-corrected chi connectivity index (χ4v) is 6.33. The first-order chi connectivity index (χ1) is 17.4. The molecule has 0 saturated heterocycles. The minimum atomic E-state index is -3.94. The van der Waals surface area contributed by atoms with Gasteiger partial charge in [-0.25, -0.2) is 8.42 Å². The first kappa shape index (κ1) is 24.2. The summed E-state index contributed by atoms with van der Waals surface area (Å²) < 4.78 is 39.6. The Bertz CT molecular complexity index is 1370. The number of nitrogens with zero attached hydrogens (tertiary/aromatic N) is 1. The quantitative estimate of drug-likeness (QED) is 0.536. The molecule has 36 heavy (non-hydrogen) atoms. The van der Waals surface area contributed by atoms with Crippen LogP contribution < -0.4 is 19.1 Å². The van der Waals surface area contributed by atoms with Crippen molar-refractivity contribution in [2.75, 3.05) is 18.0 Å². The van der Waals surface area contributed by atoms with Gasteiger partial charge in [0.2, 0.25) is 0 Å². The molecule has 0 radical (unpaired) electrons. The lowest BCUT2D eigenvalue weighted by molar-refractivity contribution is -0.128. The lowest BCUT2D eigenvalue weighted by Crippen LogP contribution is -2.51. The molecular formula is C28H30N2O5S. The average Bonchev–Trinajstić information content (AvgIpc) is 2.92. The van der Waals surface area contributed by atoms with E-state index in [4.69, 9.17) is 9.47 Å². The molecule has 188 valence electrons. The van der Waals surface area contributed by atoms with Gasteiger partial charge in [0.1, 0.15) is 11.5 Å². The van der Waals surface area contributed by atoms with Crippen molar-refractivity contribution in [3.63, 3.8) is 0 Å². The highest BCUT2D eigenvalue weighted by Gasteiger charge is 2.37. The lowest BCUT2D eigenvalue weighted by atomic mass is 9.89. The van der Waals surface area contributed by atoms with Gasteiger partial charge in [0.05, 0.1) is 30.3 Å². The predicted octanol–water partition coefficient (Wildman–Crippen LogP) is 4.41. The van der Waals surface area contributed by atoms with E-state index in [0.29, 0.717) is 17.2 Å². The van der Waals surface area contributed by atoms with Gasteiger partial charge in [-0.1, -0.05) is 30.3 Å². The van der Waals surface area contributed by atoms with Crippen molar-refractivity contribution in [2.45, 2.75) is 49.6 Å². The van der Waals surface area contributed by atoms with E-state index >= 15 is 0 Å². The normalized spacial score (nSPS) is 17.8. The van der Waals surface area contributed by atoms with Gasteiger partial charge in [0.25, 0.3) is 15.9 Å². The SMILES string of the molecule is COc1ccc(S(=O)(=O)N2C[C@@H](C(=O)N[C@@H](C)c3ccc4c(c3)CCCC4)Oc3ccccc32)cc1. The number of hydrogen-bond acceptors (Lipinski definition) is 5. The summed E-state index contributed by atoms with van der Waals surface area (Å²) in [5, 5.41) is 3.03. The molecule has 3 aromatic carbocycles. The molecule has 1 aliphatic heterocycles. The molecule has 3 aromatic rings. The van der Waals surface area contributed by atoms with E-state index in [1.54, 1.807) is 36.4 Å². The first-order valence-corrected chi connectivity index (χ1v) is 13.7. The molecule has 7 nitrogen and oxygen atoms in total. The van der Waals surface area contributed by atoms with Crippen molar-refractivity contribution in [2.24, 2.45) is 0 Å². The standard InChI is InChI=1S/C28H30N2O5S/c1-19(21-12-11-20-7-3-4-8-22(20)17-21)29-28(31)27-18-30(25-9-5-6-10-26(25)35-27)36(32,33)24-15-13-23(34-2)14-16-24/h5-6,9-17,19,27H,3-4,7-8,18H2,1-2H3,(H,29,31)/t19-,27-/m0/s1. The van der Waals surface area contributed by atoms with E-state index in [0.717, 1.165) is 18.4 Å². The molecule has 0 spiro atoms. The van der Waals surface area contributed by atoms with Crippen molar-refractivity contribution >= 4 is 21.6 Å². The number of hydrogen-bond donors (Lipinski definition) is 1. The Morgan fingerprint density at radius 2 is 1.75 bits per heavy atom. The molecule has 5 rings (SSSR count). The number of carbonyl (C=O) groups is 1. The van der Waals surface area contributed by atoms with Crippen molar-refractivity contribution < 1.29 is 22.7 Å². The highest BCUT2D eigenvalue weighted by Crippen LogP contribution is 2.37. The number of methoxy groups -OCH3 is 1. The number of sulfonamides is 1. The number of carbonyl (C=O) groups excluding carboxylic acids is 1. The molecule has 0 saturated carbocycles. The first-order valence-electron chi connectivity index (χ1n) is 12.2. The van der Waals surface area contributed by atoms with Crippen LogP contribution in [0.15, 0.2) is 71.6 Å². The summed E-state index contributed by atoms with van der Waals surface area (Å²) in [6, 6.07) is 19.2. The summed E-state index contributed by atoms with van der Waals surface area (Å²) >= 11 is 0. The maximum Gasteiger partial charge on any atom is 0.264 e. The van der Waals surface area contributed by atoms with Crippen molar-refractivity contribution in [1.29, 1.82) is 0 Å². The van der Waals surface area contributed by atoms with Crippen molar-refractivity contribution in [3.05, 3.63) is 83.4 Å². The lowest BCUT2D eigenvalue weighted by Gasteiger charge is -2.35. The van der Waals surface area contributed by atoms with E-state index in [1.165, 1.54) is 47.5 Å². The third-order valence-electron chi connectivity index (χ3n) is 6.91. The summed E-state index contributed by atoms with van der Waals surface area (Å²) in [6.45, 7) is 1.80. The minimum Gasteiger partial charge on any atom is -0.497 e. The number of fused-ring (bicyclic) bond motifs is 2. The summed E-state index contributed by atoms with van der Waals surface area (Å²) in [5.74, 6) is 0.553. The molecule has 1 amide bonds. The molecule has 2 aliphatic rings. The molecule has 8 heteroatoms. The Labute approximate surface area is 212 Å². The summed E-state index contributed by atoms with van der Waals surface area (Å²) in [6.07, 6.45) is 3.57. The van der Waals surface area contributed by atoms with Gasteiger partial charge < -0.3 is 14.8 Å². The maximum absolute atomic E-state index is 13.6. The van der Waals surface area contributed by atoms with Gasteiger partial charge in [-0.2, -0.15) is 0 Å². The summed E-state index contributed by atoms with van der Waals surface area (Å²) in [4.78, 5) is 13.4. The second-order valence-electron chi connectivity index (χ2n) is 9.25. The van der Waals surface area contributed by atoms with Crippen LogP contribution in [0.2, 0.25) is 0 Å². The highest BCUT2D eigenvalue weighted by molar-refractivity contribution is 7.92. The highest BCUT2D eigenvalue weighted by atomic mass is 32.2. The second kappa shape index (κ2) is 9.85. The van der Waals surface area contributed by atoms with Gasteiger partial charge in [-0.05, 0) is 85.7 Å². The van der Waals surface area contributed by atoms with Crippen LogP contribution >= 0.6 is 0 Å². The van der Waals surface area contributed by atoms with Gasteiger partial charge in [-0.15, -0.1) is 0 Å². The molecule has 2 atom stereocenters.